The molecule has 4 aromatic carbocycles. The first-order valence-electron chi connectivity index (χ1n) is 26.8. The van der Waals surface area contributed by atoms with Crippen LogP contribution in [0, 0.1) is 17.8 Å². The molecule has 77 heavy (non-hydrogen) atoms. The minimum atomic E-state index is -2.71. The van der Waals surface area contributed by atoms with E-state index in [2.05, 4.69) is 68.8 Å². The van der Waals surface area contributed by atoms with Crippen LogP contribution in [0.5, 0.6) is 5.75 Å². The van der Waals surface area contributed by atoms with E-state index in [1.165, 1.54) is 12.8 Å². The third kappa shape index (κ3) is 11.0. The standard InChI is InChI=1S/C58H65BrN11O6P/c1-66-35-41(32-61-66)44-30-48(63-58-60-33-46(59)54(65-58)62-47-13-10-40(28-52(47)77(3,4)75)37-8-6-5-7-9-37)51(76-2)31-50(44)69-26-20-39(21-27-69)38-18-22-67(23-19-38)34-36-16-24-68(25-17-36)42-11-12-43-45(29-42)57(74)70(56(43)73)49-14-15-53(71)64-55(49)72/h5-13,28-33,35-36,38-39,49H,14-27,34H2,1-4H3,(H,64,71,72)(H2,60,62,63,65). The quantitative estimate of drug-likeness (QED) is 0.0692. The lowest BCUT2D eigenvalue weighted by Gasteiger charge is -2.42. The Morgan fingerprint density at radius 1 is 0.727 bits per heavy atom. The van der Waals surface area contributed by atoms with E-state index in [4.69, 9.17) is 9.72 Å². The third-order valence-electron chi connectivity index (χ3n) is 16.4. The van der Waals surface area contributed by atoms with Gasteiger partial charge < -0.3 is 34.6 Å². The number of anilines is 6. The molecule has 2 aromatic heterocycles. The van der Waals surface area contributed by atoms with Crippen LogP contribution in [-0.2, 0) is 21.2 Å². The van der Waals surface area contributed by atoms with Gasteiger partial charge in [-0.15, -0.1) is 0 Å². The molecule has 4 fully saturated rings. The van der Waals surface area contributed by atoms with Gasteiger partial charge >= 0.3 is 0 Å². The first kappa shape index (κ1) is 52.2. The highest BCUT2D eigenvalue weighted by Gasteiger charge is 2.45. The van der Waals surface area contributed by atoms with Gasteiger partial charge in [-0.25, -0.2) is 4.98 Å². The Kier molecular flexibility index (Phi) is 14.8. The maximum atomic E-state index is 13.7. The number of halogens is 1. The van der Waals surface area contributed by atoms with E-state index in [1.54, 1.807) is 38.8 Å². The van der Waals surface area contributed by atoms with Crippen molar-refractivity contribution in [2.24, 2.45) is 24.8 Å². The molecule has 5 aliphatic rings. The van der Waals surface area contributed by atoms with Gasteiger partial charge in [-0.3, -0.25) is 34.1 Å². The Labute approximate surface area is 457 Å². The van der Waals surface area contributed by atoms with Crippen LogP contribution < -0.4 is 35.8 Å². The number of aromatic nitrogens is 4. The maximum Gasteiger partial charge on any atom is 0.262 e. The number of nitrogens with one attached hydrogen (secondary N) is 3. The number of amides is 4. The average molecular weight is 1120 g/mol. The molecular weight excluding hydrogens is 1060 g/mol. The van der Waals surface area contributed by atoms with Crippen molar-refractivity contribution in [3.05, 3.63) is 113 Å². The van der Waals surface area contributed by atoms with Crippen molar-refractivity contribution in [1.82, 2.24) is 34.9 Å². The summed E-state index contributed by atoms with van der Waals surface area (Å²) >= 11 is 3.65. The van der Waals surface area contributed by atoms with Crippen LogP contribution in [0.4, 0.5) is 34.5 Å². The van der Waals surface area contributed by atoms with Gasteiger partial charge in [-0.1, -0.05) is 36.4 Å². The lowest BCUT2D eigenvalue weighted by atomic mass is 9.78. The summed E-state index contributed by atoms with van der Waals surface area (Å²) in [5.74, 6) is 1.60. The van der Waals surface area contributed by atoms with Gasteiger partial charge in [0.15, 0.2) is 0 Å². The molecule has 4 amide bonds. The van der Waals surface area contributed by atoms with E-state index in [9.17, 15) is 23.7 Å². The Balaban J connectivity index is 0.699. The summed E-state index contributed by atoms with van der Waals surface area (Å²) in [5.41, 5.74) is 8.17. The van der Waals surface area contributed by atoms with Crippen LogP contribution in [0.3, 0.4) is 0 Å². The summed E-state index contributed by atoms with van der Waals surface area (Å²) < 4.78 is 22.2. The van der Waals surface area contributed by atoms with Crippen molar-refractivity contribution < 1.29 is 28.5 Å². The van der Waals surface area contributed by atoms with E-state index in [-0.39, 0.29) is 18.7 Å². The molecule has 17 nitrogen and oxygen atoms in total. The van der Waals surface area contributed by atoms with E-state index in [1.807, 2.05) is 78.7 Å². The smallest absolute Gasteiger partial charge is 0.262 e. The molecule has 6 aromatic rings. The fraction of sp³-hybridized carbons (Fsp3) is 0.397. The second kappa shape index (κ2) is 21.9. The van der Waals surface area contributed by atoms with Crippen molar-refractivity contribution in [2.75, 3.05) is 86.7 Å². The van der Waals surface area contributed by atoms with Gasteiger partial charge in [0.2, 0.25) is 17.8 Å². The SMILES string of the molecule is COc1cc(N2CCC(C3CCN(CC4CCN(c5ccc6c(c5)C(=O)N(C5CCC(=O)NC5=O)C6=O)CC4)CC3)CC2)c(-c2cnn(C)c2)cc1Nc1ncc(Br)c(Nc2ccc(-c3ccccc3)cc2P(C)(C)=O)n1. The zero-order chi connectivity index (χ0) is 53.5. The van der Waals surface area contributed by atoms with E-state index >= 15 is 0 Å². The van der Waals surface area contributed by atoms with Crippen LogP contribution in [0.2, 0.25) is 0 Å². The van der Waals surface area contributed by atoms with Gasteiger partial charge in [0.25, 0.3) is 11.8 Å². The highest BCUT2D eigenvalue weighted by Crippen LogP contribution is 2.44. The second-order valence-corrected chi connectivity index (χ2v) is 25.7. The third-order valence-corrected chi connectivity index (χ3v) is 18.5. The number of fused-ring (bicyclic) bond motifs is 1. The normalized spacial score (nSPS) is 19.2. The molecule has 0 bridgehead atoms. The van der Waals surface area contributed by atoms with Gasteiger partial charge in [-0.05, 0) is 153 Å². The number of carbonyl (C=O) groups excluding carboxylic acids is 4. The molecule has 1 unspecified atom stereocenters. The van der Waals surface area contributed by atoms with Crippen LogP contribution in [0.25, 0.3) is 22.3 Å². The maximum absolute atomic E-state index is 13.7. The average Bonchev–Trinajstić information content (AvgIpc) is 3.99. The van der Waals surface area contributed by atoms with Crippen LogP contribution in [-0.4, -0.2) is 125 Å². The number of likely N-dealkylation sites (tertiary alicyclic amines) is 1. The van der Waals surface area contributed by atoms with E-state index in [0.717, 1.165) is 115 Å². The minimum Gasteiger partial charge on any atom is -0.494 e. The summed E-state index contributed by atoms with van der Waals surface area (Å²) in [5, 5.41) is 14.5. The van der Waals surface area contributed by atoms with E-state index in [0.29, 0.717) is 62.2 Å². The highest BCUT2D eigenvalue weighted by atomic mass is 79.9. The second-order valence-electron chi connectivity index (χ2n) is 21.6. The Bertz CT molecular complexity index is 3290. The Morgan fingerprint density at radius 3 is 2.13 bits per heavy atom. The molecule has 0 spiro atoms. The number of piperidine rings is 4. The lowest BCUT2D eigenvalue weighted by Crippen LogP contribution is -2.54. The summed E-state index contributed by atoms with van der Waals surface area (Å²) in [7, 11) is 0.909. The van der Waals surface area contributed by atoms with Crippen molar-refractivity contribution in [2.45, 2.75) is 57.4 Å². The zero-order valence-electron chi connectivity index (χ0n) is 44.0. The molecule has 19 heteroatoms. The zero-order valence-corrected chi connectivity index (χ0v) is 46.5. The molecule has 0 radical (unpaired) electrons. The van der Waals surface area contributed by atoms with Crippen molar-refractivity contribution in [3.63, 3.8) is 0 Å². The van der Waals surface area contributed by atoms with Gasteiger partial charge in [0.1, 0.15) is 24.8 Å². The fourth-order valence-corrected chi connectivity index (χ4v) is 13.6. The molecule has 4 saturated heterocycles. The number of ether oxygens (including phenoxy) is 1. The summed E-state index contributed by atoms with van der Waals surface area (Å²) in [4.78, 5) is 69.0. The van der Waals surface area contributed by atoms with Crippen molar-refractivity contribution in [3.8, 4) is 28.0 Å². The Morgan fingerprint density at radius 2 is 1.44 bits per heavy atom. The minimum absolute atomic E-state index is 0.0961. The molecule has 11 rings (SSSR count). The molecule has 0 aliphatic carbocycles. The number of carbonyl (C=O) groups is 4. The monoisotopic (exact) mass is 1120 g/mol. The Hall–Kier alpha value is -6.88. The number of rotatable bonds is 14. The number of methoxy groups -OCH3 is 1. The summed E-state index contributed by atoms with van der Waals surface area (Å²) in [6.45, 7) is 10.5. The number of benzene rings is 4. The number of aryl methyl sites for hydroxylation is 1. The molecule has 1 atom stereocenters. The molecule has 400 valence electrons. The van der Waals surface area contributed by atoms with Gasteiger partial charge in [-0.2, -0.15) is 10.1 Å². The molecular formula is C58H65BrN11O6P. The number of hydrogen-bond donors (Lipinski definition) is 3. The van der Waals surface area contributed by atoms with Gasteiger partial charge in [0, 0.05) is 92.5 Å². The molecule has 3 N–H and O–H groups in total. The number of nitrogens with zero attached hydrogens (tertiary/aromatic N) is 8. The van der Waals surface area contributed by atoms with Crippen LogP contribution in [0.15, 0.2) is 102 Å². The van der Waals surface area contributed by atoms with Crippen molar-refractivity contribution in [1.29, 1.82) is 0 Å². The fourth-order valence-electron chi connectivity index (χ4n) is 12.2. The van der Waals surface area contributed by atoms with Gasteiger partial charge in [0.05, 0.1) is 40.3 Å². The van der Waals surface area contributed by atoms with E-state index < -0.39 is 30.9 Å². The highest BCUT2D eigenvalue weighted by molar-refractivity contribution is 9.10. The van der Waals surface area contributed by atoms with Crippen LogP contribution in [0.1, 0.15) is 72.1 Å². The summed E-state index contributed by atoms with van der Waals surface area (Å²) in [6.07, 6.45) is 12.7. The predicted octanol–water partition coefficient (Wildman–Crippen LogP) is 9.30. The first-order valence-corrected chi connectivity index (χ1v) is 30.2. The number of hydrogen-bond acceptors (Lipinski definition) is 14. The topological polar surface area (TPSA) is 187 Å². The van der Waals surface area contributed by atoms with Crippen LogP contribution >= 0.6 is 23.1 Å². The molecule has 7 heterocycles. The lowest BCUT2D eigenvalue weighted by molar-refractivity contribution is -0.136. The van der Waals surface area contributed by atoms with Crippen molar-refractivity contribution >= 4 is 86.5 Å². The first-order chi connectivity index (χ1) is 37.2. The summed E-state index contributed by atoms with van der Waals surface area (Å²) in [6, 6.07) is 24.8. The predicted molar refractivity (Wildman–Crippen MR) is 305 cm³/mol. The largest absolute Gasteiger partial charge is 0.494 e. The molecule has 0 saturated carbocycles. The molecule has 5 aliphatic heterocycles. The number of imide groups is 2.